The van der Waals surface area contributed by atoms with Gasteiger partial charge in [-0.25, -0.2) is 14.6 Å². The average molecular weight is 415 g/mol. The fraction of sp³-hybridized carbons (Fsp3) is 0.450. The highest BCUT2D eigenvalue weighted by Crippen LogP contribution is 2.19. The molecule has 3 rings (SSSR count). The minimum atomic E-state index is -0.252. The van der Waals surface area contributed by atoms with E-state index >= 15 is 0 Å². The summed E-state index contributed by atoms with van der Waals surface area (Å²) in [7, 11) is 0. The van der Waals surface area contributed by atoms with Gasteiger partial charge in [0.2, 0.25) is 11.9 Å². The smallest absolute Gasteiger partial charge is 0.269 e. The molecule has 8 nitrogen and oxygen atoms in total. The molecule has 0 spiro atoms. The minimum Gasteiger partial charge on any atom is -0.353 e. The Morgan fingerprint density at radius 2 is 2.03 bits per heavy atom. The molecule has 154 valence electrons. The number of benzene rings is 1. The molecule has 0 saturated carbocycles. The van der Waals surface area contributed by atoms with Crippen LogP contribution in [0.4, 0.5) is 0 Å². The van der Waals surface area contributed by atoms with Crippen molar-refractivity contribution in [3.63, 3.8) is 0 Å². The molecule has 0 aliphatic carbocycles. The Labute approximate surface area is 173 Å². The zero-order valence-electron chi connectivity index (χ0n) is 16.9. The number of hydrogen-bond acceptors (Lipinski definition) is 6. The molecule has 2 N–H and O–H groups in total. The molecule has 9 heteroatoms. The summed E-state index contributed by atoms with van der Waals surface area (Å²) in [5, 5.41) is 10.4. The van der Waals surface area contributed by atoms with Crippen LogP contribution in [0.25, 0.3) is 16.9 Å². The maximum Gasteiger partial charge on any atom is 0.269 e. The van der Waals surface area contributed by atoms with Crippen LogP contribution in [0.2, 0.25) is 0 Å². The summed E-state index contributed by atoms with van der Waals surface area (Å²) < 4.78 is 1.36. The van der Waals surface area contributed by atoms with E-state index in [0.717, 1.165) is 19.3 Å². The minimum absolute atomic E-state index is 0.0847. The number of aromatic amines is 1. The Hall–Kier alpha value is -2.68. The standard InChI is InChI=1S/C20H26N6O2S/c1-13(2)7-6-8-14(3)23-17(27)11-29-20-24-16-10-5-4-9-15(16)18(28)26(20)19-21-12-22-25-19/h4-5,9-10,12-14H,6-8,11H2,1-3H3,(H,23,27)(H,21,22,25)/t14-/m0/s1. The molecule has 1 aromatic carbocycles. The van der Waals surface area contributed by atoms with Gasteiger partial charge in [-0.05, 0) is 31.4 Å². The molecule has 2 heterocycles. The number of H-pyrrole nitrogens is 1. The summed E-state index contributed by atoms with van der Waals surface area (Å²) in [6.07, 6.45) is 4.52. The van der Waals surface area contributed by atoms with Gasteiger partial charge in [-0.15, -0.1) is 0 Å². The molecule has 2 aromatic heterocycles. The summed E-state index contributed by atoms with van der Waals surface area (Å²) >= 11 is 1.21. The highest BCUT2D eigenvalue weighted by atomic mass is 32.2. The van der Waals surface area contributed by atoms with Crippen LogP contribution in [0.3, 0.4) is 0 Å². The van der Waals surface area contributed by atoms with E-state index in [1.807, 2.05) is 13.0 Å². The van der Waals surface area contributed by atoms with Crippen LogP contribution in [-0.4, -0.2) is 42.4 Å². The Kier molecular flexibility index (Phi) is 7.03. The first-order chi connectivity index (χ1) is 14.0. The van der Waals surface area contributed by atoms with Crippen LogP contribution in [0, 0.1) is 5.92 Å². The fourth-order valence-corrected chi connectivity index (χ4v) is 3.86. The molecule has 0 saturated heterocycles. The number of rotatable bonds is 9. The molecule has 1 amide bonds. The predicted octanol–water partition coefficient (Wildman–Crippen LogP) is 2.93. The van der Waals surface area contributed by atoms with Gasteiger partial charge in [-0.1, -0.05) is 50.6 Å². The first kappa shape index (κ1) is 21.0. The Balaban J connectivity index is 1.73. The van der Waals surface area contributed by atoms with Crippen molar-refractivity contribution >= 4 is 28.6 Å². The highest BCUT2D eigenvalue weighted by molar-refractivity contribution is 7.99. The topological polar surface area (TPSA) is 106 Å². The van der Waals surface area contributed by atoms with E-state index in [1.165, 1.54) is 22.7 Å². The summed E-state index contributed by atoms with van der Waals surface area (Å²) in [5.41, 5.74) is 0.329. The number of carbonyl (C=O) groups is 1. The lowest BCUT2D eigenvalue weighted by molar-refractivity contribution is -0.119. The van der Waals surface area contributed by atoms with Crippen molar-refractivity contribution in [1.29, 1.82) is 0 Å². The second kappa shape index (κ2) is 9.69. The molecule has 0 radical (unpaired) electrons. The van der Waals surface area contributed by atoms with Crippen LogP contribution < -0.4 is 10.9 Å². The fourth-order valence-electron chi connectivity index (χ4n) is 3.05. The number of hydrogen-bond donors (Lipinski definition) is 2. The largest absolute Gasteiger partial charge is 0.353 e. The Morgan fingerprint density at radius 3 is 2.76 bits per heavy atom. The van der Waals surface area contributed by atoms with Gasteiger partial charge < -0.3 is 5.32 Å². The number of carbonyl (C=O) groups excluding carboxylic acids is 1. The molecule has 29 heavy (non-hydrogen) atoms. The molecule has 0 bridgehead atoms. The number of aromatic nitrogens is 5. The van der Waals surface area contributed by atoms with Crippen LogP contribution in [0.5, 0.6) is 0 Å². The van der Waals surface area contributed by atoms with Gasteiger partial charge in [0.05, 0.1) is 16.7 Å². The van der Waals surface area contributed by atoms with E-state index < -0.39 is 0 Å². The third-order valence-electron chi connectivity index (χ3n) is 4.52. The van der Waals surface area contributed by atoms with Gasteiger partial charge in [0, 0.05) is 6.04 Å². The lowest BCUT2D eigenvalue weighted by atomic mass is 10.0. The zero-order valence-corrected chi connectivity index (χ0v) is 17.7. The van der Waals surface area contributed by atoms with Crippen LogP contribution in [-0.2, 0) is 4.79 Å². The number of para-hydroxylation sites is 1. The second-order valence-electron chi connectivity index (χ2n) is 7.44. The van der Waals surface area contributed by atoms with E-state index in [-0.39, 0.29) is 29.2 Å². The molecule has 1 atom stereocenters. The average Bonchev–Trinajstić information content (AvgIpc) is 3.20. The van der Waals surface area contributed by atoms with E-state index in [1.54, 1.807) is 18.2 Å². The predicted molar refractivity (Wildman–Crippen MR) is 114 cm³/mol. The van der Waals surface area contributed by atoms with Gasteiger partial charge in [0.25, 0.3) is 5.56 Å². The molecule has 0 fully saturated rings. The van der Waals surface area contributed by atoms with Gasteiger partial charge in [-0.3, -0.25) is 9.59 Å². The van der Waals surface area contributed by atoms with E-state index in [2.05, 4.69) is 39.3 Å². The van der Waals surface area contributed by atoms with Crippen molar-refractivity contribution in [2.75, 3.05) is 5.75 Å². The highest BCUT2D eigenvalue weighted by Gasteiger charge is 2.17. The zero-order chi connectivity index (χ0) is 20.8. The van der Waals surface area contributed by atoms with Gasteiger partial charge in [0.15, 0.2) is 5.16 Å². The SMILES string of the molecule is CC(C)CCC[C@H](C)NC(=O)CSc1nc2ccccc2c(=O)n1-c1ncn[nH]1. The molecule has 3 aromatic rings. The normalized spacial score (nSPS) is 12.4. The van der Waals surface area contributed by atoms with Crippen LogP contribution in [0.15, 0.2) is 40.5 Å². The first-order valence-electron chi connectivity index (χ1n) is 9.75. The van der Waals surface area contributed by atoms with Crippen molar-refractivity contribution in [2.45, 2.75) is 51.2 Å². The third-order valence-corrected chi connectivity index (χ3v) is 5.46. The van der Waals surface area contributed by atoms with Crippen molar-refractivity contribution in [2.24, 2.45) is 5.92 Å². The quantitative estimate of drug-likeness (QED) is 0.412. The molecule has 0 aliphatic rings. The molecule has 0 aliphatic heterocycles. The van der Waals surface area contributed by atoms with Crippen molar-refractivity contribution in [1.82, 2.24) is 30.0 Å². The monoisotopic (exact) mass is 414 g/mol. The van der Waals surface area contributed by atoms with Gasteiger partial charge in [0.1, 0.15) is 6.33 Å². The van der Waals surface area contributed by atoms with Gasteiger partial charge in [-0.2, -0.15) is 10.1 Å². The number of nitrogens with zero attached hydrogens (tertiary/aromatic N) is 4. The van der Waals surface area contributed by atoms with Crippen molar-refractivity contribution in [3.05, 3.63) is 40.9 Å². The summed E-state index contributed by atoms with van der Waals surface area (Å²) in [5.74, 6) is 1.02. The number of nitrogens with one attached hydrogen (secondary N) is 2. The molecule has 0 unspecified atom stereocenters. The number of amides is 1. The molecular weight excluding hydrogens is 388 g/mol. The molecular formula is C20H26N6O2S. The lowest BCUT2D eigenvalue weighted by Crippen LogP contribution is -2.34. The maximum absolute atomic E-state index is 13.0. The van der Waals surface area contributed by atoms with Gasteiger partial charge >= 0.3 is 0 Å². The van der Waals surface area contributed by atoms with Crippen LogP contribution >= 0.6 is 11.8 Å². The lowest BCUT2D eigenvalue weighted by Gasteiger charge is -2.15. The Morgan fingerprint density at radius 1 is 1.24 bits per heavy atom. The third kappa shape index (κ3) is 5.44. The summed E-state index contributed by atoms with van der Waals surface area (Å²) in [6.45, 7) is 6.41. The number of thioether (sulfide) groups is 1. The van der Waals surface area contributed by atoms with E-state index in [4.69, 9.17) is 0 Å². The maximum atomic E-state index is 13.0. The second-order valence-corrected chi connectivity index (χ2v) is 8.39. The first-order valence-corrected chi connectivity index (χ1v) is 10.7. The van der Waals surface area contributed by atoms with Crippen molar-refractivity contribution < 1.29 is 4.79 Å². The number of fused-ring (bicyclic) bond motifs is 1. The van der Waals surface area contributed by atoms with Crippen LogP contribution in [0.1, 0.15) is 40.0 Å². The van der Waals surface area contributed by atoms with Crippen molar-refractivity contribution in [3.8, 4) is 5.95 Å². The van der Waals surface area contributed by atoms with E-state index in [0.29, 0.717) is 22.0 Å². The summed E-state index contributed by atoms with van der Waals surface area (Å²) in [6, 6.07) is 7.23. The summed E-state index contributed by atoms with van der Waals surface area (Å²) in [4.78, 5) is 34.0. The van der Waals surface area contributed by atoms with E-state index in [9.17, 15) is 9.59 Å². The Bertz CT molecular complexity index is 1020.